The number of hydrogen-bond donors (Lipinski definition) is 1. The zero-order valence-electron chi connectivity index (χ0n) is 12.4. The van der Waals surface area contributed by atoms with Crippen molar-refractivity contribution in [3.05, 3.63) is 48.0 Å². The molecule has 0 amide bonds. The van der Waals surface area contributed by atoms with Crippen LogP contribution in [-0.2, 0) is 0 Å². The van der Waals surface area contributed by atoms with Crippen LogP contribution >= 0.6 is 0 Å². The molecule has 1 fully saturated rings. The minimum Gasteiger partial charge on any atom is -0.328 e. The average molecular weight is 268 g/mol. The molecular weight excluding hydrogens is 244 g/mol. The van der Waals surface area contributed by atoms with Gasteiger partial charge in [-0.2, -0.15) is 0 Å². The predicted octanol–water partition coefficient (Wildman–Crippen LogP) is 3.71. The van der Waals surface area contributed by atoms with E-state index in [1.54, 1.807) is 0 Å². The topological polar surface area (TPSA) is 29.3 Å². The lowest BCUT2D eigenvalue weighted by Crippen LogP contribution is -2.46. The average Bonchev–Trinajstić information content (AvgIpc) is 2.46. The number of likely N-dealkylation sites (tertiary alicyclic amines) is 1. The van der Waals surface area contributed by atoms with Crippen LogP contribution in [-0.4, -0.2) is 23.5 Å². The molecule has 3 rings (SSSR count). The van der Waals surface area contributed by atoms with Crippen LogP contribution in [0.15, 0.2) is 42.5 Å². The van der Waals surface area contributed by atoms with Crippen molar-refractivity contribution < 1.29 is 0 Å². The van der Waals surface area contributed by atoms with Crippen LogP contribution in [0.4, 0.5) is 0 Å². The highest BCUT2D eigenvalue weighted by Crippen LogP contribution is 2.32. The second-order valence-electron chi connectivity index (χ2n) is 6.12. The lowest BCUT2D eigenvalue weighted by atomic mass is 9.93. The fourth-order valence-corrected chi connectivity index (χ4v) is 3.60. The van der Waals surface area contributed by atoms with E-state index >= 15 is 0 Å². The second-order valence-corrected chi connectivity index (χ2v) is 6.12. The third-order valence-corrected chi connectivity index (χ3v) is 4.74. The molecule has 0 saturated carbocycles. The Labute approximate surface area is 121 Å². The van der Waals surface area contributed by atoms with E-state index in [2.05, 4.69) is 61.2 Å². The third kappa shape index (κ3) is 2.46. The summed E-state index contributed by atoms with van der Waals surface area (Å²) in [5.41, 5.74) is 7.53. The molecule has 1 aliphatic heterocycles. The molecule has 1 saturated heterocycles. The van der Waals surface area contributed by atoms with Crippen LogP contribution in [0.25, 0.3) is 10.8 Å². The molecule has 2 nitrogen and oxygen atoms in total. The van der Waals surface area contributed by atoms with Crippen LogP contribution in [0.3, 0.4) is 0 Å². The van der Waals surface area contributed by atoms with Gasteiger partial charge in [0.2, 0.25) is 0 Å². The number of nitrogens with two attached hydrogens (primary N) is 1. The van der Waals surface area contributed by atoms with Gasteiger partial charge in [-0.15, -0.1) is 0 Å². The summed E-state index contributed by atoms with van der Waals surface area (Å²) in [6.07, 6.45) is 2.22. The fourth-order valence-electron chi connectivity index (χ4n) is 3.60. The number of benzene rings is 2. The Hall–Kier alpha value is -1.38. The number of fused-ring (bicyclic) bond motifs is 1. The largest absolute Gasteiger partial charge is 0.328 e. The van der Waals surface area contributed by atoms with Crippen molar-refractivity contribution >= 4 is 10.8 Å². The number of piperidine rings is 1. The van der Waals surface area contributed by atoms with Crippen molar-refractivity contribution in [2.75, 3.05) is 6.54 Å². The highest BCUT2D eigenvalue weighted by Gasteiger charge is 2.28. The molecule has 3 atom stereocenters. The monoisotopic (exact) mass is 268 g/mol. The molecule has 106 valence electrons. The Kier molecular flexibility index (Phi) is 3.77. The summed E-state index contributed by atoms with van der Waals surface area (Å²) in [5, 5.41) is 2.71. The maximum absolute atomic E-state index is 6.09. The minimum atomic E-state index is 0.376. The summed E-state index contributed by atoms with van der Waals surface area (Å²) in [4.78, 5) is 2.60. The summed E-state index contributed by atoms with van der Waals surface area (Å²) in [6.45, 7) is 5.74. The van der Waals surface area contributed by atoms with E-state index in [1.807, 2.05) is 0 Å². The molecule has 2 N–H and O–H groups in total. The van der Waals surface area contributed by atoms with Crippen molar-refractivity contribution in [2.45, 2.75) is 44.8 Å². The van der Waals surface area contributed by atoms with E-state index < -0.39 is 0 Å². The quantitative estimate of drug-likeness (QED) is 0.899. The first-order valence-corrected chi connectivity index (χ1v) is 7.66. The van der Waals surface area contributed by atoms with Crippen LogP contribution in [0.5, 0.6) is 0 Å². The molecule has 3 unspecified atom stereocenters. The van der Waals surface area contributed by atoms with Gasteiger partial charge in [0.25, 0.3) is 0 Å². The first-order chi connectivity index (χ1) is 9.66. The van der Waals surface area contributed by atoms with Gasteiger partial charge in [-0.3, -0.25) is 4.90 Å². The maximum Gasteiger partial charge on any atom is 0.0328 e. The number of hydrogen-bond acceptors (Lipinski definition) is 2. The van der Waals surface area contributed by atoms with Gasteiger partial charge in [-0.05, 0) is 43.0 Å². The Morgan fingerprint density at radius 1 is 1.15 bits per heavy atom. The molecule has 2 aromatic carbocycles. The zero-order valence-corrected chi connectivity index (χ0v) is 12.4. The standard InChI is InChI=1S/C18H24N2/c1-13-12-16(19)10-11-20(13)14(2)17-9-5-7-15-6-3-4-8-18(15)17/h3-9,13-14,16H,10-12,19H2,1-2H3. The summed E-state index contributed by atoms with van der Waals surface area (Å²) in [5.74, 6) is 0. The van der Waals surface area contributed by atoms with Gasteiger partial charge in [0.1, 0.15) is 0 Å². The van der Waals surface area contributed by atoms with Crippen LogP contribution < -0.4 is 5.73 Å². The summed E-state index contributed by atoms with van der Waals surface area (Å²) in [7, 11) is 0. The molecule has 1 aliphatic rings. The van der Waals surface area contributed by atoms with Gasteiger partial charge < -0.3 is 5.73 Å². The highest BCUT2D eigenvalue weighted by atomic mass is 15.2. The van der Waals surface area contributed by atoms with Gasteiger partial charge >= 0.3 is 0 Å². The molecule has 0 spiro atoms. The maximum atomic E-state index is 6.09. The van der Waals surface area contributed by atoms with E-state index in [1.165, 1.54) is 16.3 Å². The number of nitrogens with zero attached hydrogens (tertiary/aromatic N) is 1. The van der Waals surface area contributed by atoms with Crippen molar-refractivity contribution in [1.29, 1.82) is 0 Å². The fraction of sp³-hybridized carbons (Fsp3) is 0.444. The lowest BCUT2D eigenvalue weighted by molar-refractivity contribution is 0.105. The van der Waals surface area contributed by atoms with Crippen LogP contribution in [0, 0.1) is 0 Å². The van der Waals surface area contributed by atoms with Crippen molar-refractivity contribution in [3.8, 4) is 0 Å². The molecule has 2 aromatic rings. The van der Waals surface area contributed by atoms with Gasteiger partial charge in [0.05, 0.1) is 0 Å². The van der Waals surface area contributed by atoms with E-state index in [0.717, 1.165) is 19.4 Å². The molecule has 2 heteroatoms. The Morgan fingerprint density at radius 3 is 2.70 bits per heavy atom. The SMILES string of the molecule is CC1CC(N)CCN1C(C)c1cccc2ccccc12. The van der Waals surface area contributed by atoms with Gasteiger partial charge in [0.15, 0.2) is 0 Å². The van der Waals surface area contributed by atoms with E-state index in [-0.39, 0.29) is 0 Å². The molecule has 20 heavy (non-hydrogen) atoms. The number of rotatable bonds is 2. The summed E-state index contributed by atoms with van der Waals surface area (Å²) in [6, 6.07) is 16.7. The summed E-state index contributed by atoms with van der Waals surface area (Å²) < 4.78 is 0. The molecule has 0 bridgehead atoms. The van der Waals surface area contributed by atoms with Gasteiger partial charge in [-0.25, -0.2) is 0 Å². The second kappa shape index (κ2) is 5.55. The molecular formula is C18H24N2. The lowest BCUT2D eigenvalue weighted by Gasteiger charge is -2.40. The molecule has 0 radical (unpaired) electrons. The zero-order chi connectivity index (χ0) is 14.1. The van der Waals surface area contributed by atoms with E-state index in [0.29, 0.717) is 18.1 Å². The summed E-state index contributed by atoms with van der Waals surface area (Å²) >= 11 is 0. The third-order valence-electron chi connectivity index (χ3n) is 4.74. The van der Waals surface area contributed by atoms with Crippen molar-refractivity contribution in [1.82, 2.24) is 4.90 Å². The Bertz CT molecular complexity index is 587. The Morgan fingerprint density at radius 2 is 1.90 bits per heavy atom. The first kappa shape index (κ1) is 13.6. The van der Waals surface area contributed by atoms with E-state index in [9.17, 15) is 0 Å². The van der Waals surface area contributed by atoms with Crippen LogP contribution in [0.1, 0.15) is 38.3 Å². The molecule has 1 heterocycles. The Balaban J connectivity index is 1.94. The smallest absolute Gasteiger partial charge is 0.0328 e. The highest BCUT2D eigenvalue weighted by molar-refractivity contribution is 5.86. The molecule has 0 aromatic heterocycles. The van der Waals surface area contributed by atoms with Gasteiger partial charge in [0, 0.05) is 24.7 Å². The van der Waals surface area contributed by atoms with Crippen LogP contribution in [0.2, 0.25) is 0 Å². The van der Waals surface area contributed by atoms with Crippen molar-refractivity contribution in [3.63, 3.8) is 0 Å². The normalized spacial score (nSPS) is 25.8. The predicted molar refractivity (Wildman–Crippen MR) is 85.7 cm³/mol. The van der Waals surface area contributed by atoms with Crippen molar-refractivity contribution in [2.24, 2.45) is 5.73 Å². The van der Waals surface area contributed by atoms with E-state index in [4.69, 9.17) is 5.73 Å². The molecule has 0 aliphatic carbocycles. The first-order valence-electron chi connectivity index (χ1n) is 7.66. The van der Waals surface area contributed by atoms with Gasteiger partial charge in [-0.1, -0.05) is 42.5 Å². The minimum absolute atomic E-state index is 0.376.